The van der Waals surface area contributed by atoms with Gasteiger partial charge in [-0.25, -0.2) is 0 Å². The minimum absolute atomic E-state index is 0. The molecule has 2 unspecified atom stereocenters. The maximum Gasteiger partial charge on any atom is -1.00 e. The van der Waals surface area contributed by atoms with Crippen molar-refractivity contribution in [2.24, 2.45) is 0 Å². The molecule has 0 aliphatic carbocycles. The van der Waals surface area contributed by atoms with Crippen LogP contribution in [0.5, 0.6) is 0 Å². The Hall–Kier alpha value is 1.25. The molecule has 0 aromatic rings. The normalized spacial score (nSPS) is 23.2. The van der Waals surface area contributed by atoms with Crippen LogP contribution in [0, 0.1) is 0 Å². The van der Waals surface area contributed by atoms with E-state index in [1.165, 1.54) is 12.8 Å². The number of rotatable bonds is 0. The fourth-order valence-corrected chi connectivity index (χ4v) is 0.739. The molecule has 0 aromatic carbocycles. The predicted molar refractivity (Wildman–Crippen MR) is 45.9 cm³/mol. The molecule has 0 amide bonds. The van der Waals surface area contributed by atoms with E-state index in [2.05, 4.69) is 6.92 Å². The van der Waals surface area contributed by atoms with Crippen molar-refractivity contribution < 1.29 is 41.9 Å². The van der Waals surface area contributed by atoms with Gasteiger partial charge in [-0.05, 0) is 19.8 Å². The molecule has 0 N–H and O–H groups in total. The van der Waals surface area contributed by atoms with Crippen molar-refractivity contribution in [2.75, 3.05) is 6.61 Å². The van der Waals surface area contributed by atoms with Gasteiger partial charge in [0.2, 0.25) is 0 Å². The summed E-state index contributed by atoms with van der Waals surface area (Å²) >= 11 is 0.941. The van der Waals surface area contributed by atoms with Gasteiger partial charge in [-0.15, -0.1) is 0 Å². The first-order valence-corrected chi connectivity index (χ1v) is 5.17. The third-order valence-electron chi connectivity index (χ3n) is 1.72. The van der Waals surface area contributed by atoms with Gasteiger partial charge in [-0.1, -0.05) is 0 Å². The largest absolute Gasteiger partial charge is 1.00 e. The Morgan fingerprint density at radius 3 is 1.93 bits per heavy atom. The SMILES string of the molecule is CC1CCCO1.C[CH]([Mg+])C(F)(F)F.[I-]. The molecule has 1 aliphatic heterocycles. The van der Waals surface area contributed by atoms with Crippen molar-refractivity contribution in [2.45, 2.75) is 43.0 Å². The van der Waals surface area contributed by atoms with Crippen LogP contribution in [0.2, 0.25) is 4.05 Å². The fraction of sp³-hybridized carbons (Fsp3) is 1.00. The second-order valence-electron chi connectivity index (χ2n) is 3.27. The Labute approximate surface area is 113 Å². The molecule has 0 radical (unpaired) electrons. The van der Waals surface area contributed by atoms with E-state index < -0.39 is 10.2 Å². The molecule has 1 rings (SSSR count). The summed E-state index contributed by atoms with van der Waals surface area (Å²) in [4.78, 5) is 0. The summed E-state index contributed by atoms with van der Waals surface area (Å²) < 4.78 is 37.5. The topological polar surface area (TPSA) is 9.23 Å². The maximum absolute atomic E-state index is 11.2. The molecule has 1 fully saturated rings. The van der Waals surface area contributed by atoms with Gasteiger partial charge in [-0.3, -0.25) is 0 Å². The summed E-state index contributed by atoms with van der Waals surface area (Å²) in [5.41, 5.74) is 0. The van der Waals surface area contributed by atoms with Crippen LogP contribution in [-0.4, -0.2) is 40.6 Å². The van der Waals surface area contributed by atoms with Crippen LogP contribution in [-0.2, 0) is 4.74 Å². The van der Waals surface area contributed by atoms with Crippen LogP contribution in [0.15, 0.2) is 0 Å². The molecule has 0 spiro atoms. The molecule has 1 heterocycles. The molecule has 6 heteroatoms. The molecular formula is C8H14F3IMgO. The third-order valence-corrected chi connectivity index (χ3v) is 2.18. The van der Waals surface area contributed by atoms with E-state index in [0.29, 0.717) is 6.10 Å². The minimum Gasteiger partial charge on any atom is -1.00 e. The first-order chi connectivity index (χ1) is 5.84. The average molecular weight is 334 g/mol. The van der Waals surface area contributed by atoms with Crippen molar-refractivity contribution in [3.05, 3.63) is 0 Å². The van der Waals surface area contributed by atoms with Crippen LogP contribution in [0.3, 0.4) is 0 Å². The van der Waals surface area contributed by atoms with E-state index in [9.17, 15) is 13.2 Å². The number of halogens is 4. The molecule has 0 saturated carbocycles. The summed E-state index contributed by atoms with van der Waals surface area (Å²) in [6, 6.07) is 0. The second kappa shape index (κ2) is 8.40. The molecule has 0 bridgehead atoms. The third kappa shape index (κ3) is 9.79. The zero-order valence-electron chi connectivity index (χ0n) is 8.40. The number of hydrogen-bond acceptors (Lipinski definition) is 1. The number of hydrogen-bond donors (Lipinski definition) is 0. The van der Waals surface area contributed by atoms with Gasteiger partial charge in [0.25, 0.3) is 0 Å². The molecular weight excluding hydrogens is 320 g/mol. The Morgan fingerprint density at radius 2 is 1.86 bits per heavy atom. The van der Waals surface area contributed by atoms with Crippen LogP contribution < -0.4 is 24.0 Å². The smallest absolute Gasteiger partial charge is 1.00 e. The van der Waals surface area contributed by atoms with Crippen molar-refractivity contribution in [3.8, 4) is 0 Å². The van der Waals surface area contributed by atoms with Gasteiger partial charge in [-0.2, -0.15) is 0 Å². The molecule has 1 aliphatic rings. The maximum atomic E-state index is 11.2. The Balaban J connectivity index is 0. The Morgan fingerprint density at radius 1 is 1.43 bits per heavy atom. The first-order valence-electron chi connectivity index (χ1n) is 4.35. The van der Waals surface area contributed by atoms with Gasteiger partial charge >= 0.3 is 52.0 Å². The van der Waals surface area contributed by atoms with E-state index in [0.717, 1.165) is 35.2 Å². The molecule has 14 heavy (non-hydrogen) atoms. The standard InChI is InChI=1S/C5H10O.C3H4F3.HI.Mg/c1-5-3-2-4-6-5;1-2-3(4,5)6;;/h5H,2-4H2,1H3;2H,1H3;1H;/q;;;+1/p-1. The van der Waals surface area contributed by atoms with Crippen molar-refractivity contribution >= 4 is 21.7 Å². The van der Waals surface area contributed by atoms with E-state index in [1.54, 1.807) is 0 Å². The summed E-state index contributed by atoms with van der Waals surface area (Å²) in [5, 5.41) is 0. The van der Waals surface area contributed by atoms with Gasteiger partial charge < -0.3 is 28.7 Å². The molecule has 82 valence electrons. The Kier molecular flexibility index (Phi) is 10.6. The monoisotopic (exact) mass is 334 g/mol. The summed E-state index contributed by atoms with van der Waals surface area (Å²) in [5.74, 6) is 0. The van der Waals surface area contributed by atoms with Crippen molar-refractivity contribution in [1.29, 1.82) is 0 Å². The molecule has 2 atom stereocenters. The first kappa shape index (κ1) is 17.6. The van der Waals surface area contributed by atoms with Crippen LogP contribution in [0.4, 0.5) is 13.2 Å². The summed E-state index contributed by atoms with van der Waals surface area (Å²) in [7, 11) is 0. The van der Waals surface area contributed by atoms with Gasteiger partial charge in [0, 0.05) is 6.61 Å². The van der Waals surface area contributed by atoms with Gasteiger partial charge in [0.05, 0.1) is 6.10 Å². The van der Waals surface area contributed by atoms with Crippen molar-refractivity contribution in [1.82, 2.24) is 0 Å². The summed E-state index contributed by atoms with van der Waals surface area (Å²) in [6.45, 7) is 4.24. The average Bonchev–Trinajstić information content (AvgIpc) is 2.38. The predicted octanol–water partition coefficient (Wildman–Crippen LogP) is -0.285. The zero-order chi connectivity index (χ0) is 10.5. The van der Waals surface area contributed by atoms with Crippen LogP contribution >= 0.6 is 0 Å². The van der Waals surface area contributed by atoms with E-state index in [4.69, 9.17) is 4.74 Å². The van der Waals surface area contributed by atoms with Crippen LogP contribution in [0.25, 0.3) is 0 Å². The Bertz CT molecular complexity index is 135. The van der Waals surface area contributed by atoms with Crippen molar-refractivity contribution in [3.63, 3.8) is 0 Å². The quantitative estimate of drug-likeness (QED) is 0.437. The second-order valence-corrected chi connectivity index (χ2v) is 4.49. The van der Waals surface area contributed by atoms with Gasteiger partial charge in [0.1, 0.15) is 0 Å². The number of ether oxygens (including phenoxy) is 1. The van der Waals surface area contributed by atoms with E-state index in [1.807, 2.05) is 0 Å². The van der Waals surface area contributed by atoms with Gasteiger partial charge in [0.15, 0.2) is 0 Å². The minimum atomic E-state index is -3.99. The molecule has 1 saturated heterocycles. The zero-order valence-corrected chi connectivity index (χ0v) is 12.0. The van der Waals surface area contributed by atoms with Crippen LogP contribution in [0.1, 0.15) is 26.7 Å². The number of alkyl halides is 3. The van der Waals surface area contributed by atoms with E-state index >= 15 is 0 Å². The molecule has 0 aromatic heterocycles. The molecule has 1 nitrogen and oxygen atoms in total. The fourth-order valence-electron chi connectivity index (χ4n) is 0.739. The van der Waals surface area contributed by atoms with E-state index in [-0.39, 0.29) is 24.0 Å². The summed E-state index contributed by atoms with van der Waals surface area (Å²) in [6.07, 6.45) is -0.912.